The number of fused-ring (bicyclic) bond motifs is 10. The van der Waals surface area contributed by atoms with Gasteiger partial charge in [0.2, 0.25) is 0 Å². The van der Waals surface area contributed by atoms with E-state index in [-0.39, 0.29) is 17.4 Å². The SMILES string of the molecule is CC(C)(C)c1cc2ccc3c4cc(c5ccc(c1)c2c35)N(c1ccccc1)c1cccc(c1)N(C1c2ccccc2C(c2ccccc2)=C2C=CC=CC21)c1cccc(c1)N4c1ccccc1. The third-order valence-corrected chi connectivity index (χ3v) is 14.4. The van der Waals surface area contributed by atoms with Gasteiger partial charge in [-0.25, -0.2) is 0 Å². The molecule has 67 heavy (non-hydrogen) atoms. The smallest absolute Gasteiger partial charge is 0.0701 e. The zero-order valence-electron chi connectivity index (χ0n) is 37.9. The van der Waals surface area contributed by atoms with Crippen LogP contribution < -0.4 is 14.7 Å². The molecule has 0 fully saturated rings. The highest BCUT2D eigenvalue weighted by Crippen LogP contribution is 2.55. The summed E-state index contributed by atoms with van der Waals surface area (Å²) < 4.78 is 0. The summed E-state index contributed by atoms with van der Waals surface area (Å²) in [6.45, 7) is 6.94. The fourth-order valence-corrected chi connectivity index (χ4v) is 11.4. The zero-order chi connectivity index (χ0) is 44.8. The number of nitrogens with zero attached hydrogens (tertiary/aromatic N) is 3. The number of anilines is 8. The molecule has 3 nitrogen and oxygen atoms in total. The molecule has 13 rings (SSSR count). The lowest BCUT2D eigenvalue weighted by atomic mass is 9.71. The lowest BCUT2D eigenvalue weighted by Gasteiger charge is -2.44. The first kappa shape index (κ1) is 39.2. The largest absolute Gasteiger partial charge is 0.333 e. The van der Waals surface area contributed by atoms with E-state index in [9.17, 15) is 0 Å². The summed E-state index contributed by atoms with van der Waals surface area (Å²) in [6, 6.07) is 77.1. The molecule has 1 heterocycles. The minimum Gasteiger partial charge on any atom is -0.333 e. The lowest BCUT2D eigenvalue weighted by molar-refractivity contribution is 0.573. The molecule has 10 aromatic carbocycles. The lowest BCUT2D eigenvalue weighted by Crippen LogP contribution is -2.34. The van der Waals surface area contributed by atoms with E-state index in [0.717, 1.165) is 45.5 Å². The Labute approximate surface area is 392 Å². The number of hydrogen-bond acceptors (Lipinski definition) is 3. The Hall–Kier alpha value is -8.14. The monoisotopic (exact) mass is 859 g/mol. The van der Waals surface area contributed by atoms with Crippen molar-refractivity contribution in [1.82, 2.24) is 0 Å². The second kappa shape index (κ2) is 15.2. The van der Waals surface area contributed by atoms with Gasteiger partial charge in [0.15, 0.2) is 0 Å². The molecular weight excluding hydrogens is 811 g/mol. The molecule has 6 bridgehead atoms. The molecule has 0 aromatic heterocycles. The second-order valence-corrected chi connectivity index (χ2v) is 19.3. The molecular formula is C64H49N3. The Balaban J connectivity index is 1.14. The standard InChI is InChI=1S/C64H49N3/c1-64(2,3)45-37-43-33-35-56-58-41-59(57-36-34-44(38-45)60(43)62(56)57)66(47-23-11-6-12-24-47)49-26-18-28-51(40-49)67(50-27-17-25-48(39-50)65(58)46-21-9-5-10-22-46)63-54-31-15-13-29-52(54)61(42-19-7-4-8-20-42)53-30-14-16-32-55(53)63/h4-41,54,63H,1-3H3. The Morgan fingerprint density at radius 1 is 0.433 bits per heavy atom. The number of rotatable bonds is 4. The van der Waals surface area contributed by atoms with Crippen molar-refractivity contribution in [2.75, 3.05) is 14.7 Å². The maximum atomic E-state index is 2.62. The van der Waals surface area contributed by atoms with E-state index in [1.165, 1.54) is 65.7 Å². The Bertz CT molecular complexity index is 3470. The van der Waals surface area contributed by atoms with Gasteiger partial charge in [-0.05, 0) is 122 Å². The van der Waals surface area contributed by atoms with Crippen LogP contribution in [0.25, 0.3) is 37.9 Å². The summed E-state index contributed by atoms with van der Waals surface area (Å²) in [5.74, 6) is 0.0679. The van der Waals surface area contributed by atoms with E-state index in [1.54, 1.807) is 0 Å². The van der Waals surface area contributed by atoms with Crippen molar-refractivity contribution in [2.24, 2.45) is 5.92 Å². The van der Waals surface area contributed by atoms with E-state index in [0.29, 0.717) is 0 Å². The van der Waals surface area contributed by atoms with Crippen molar-refractivity contribution < 1.29 is 0 Å². The molecule has 2 aliphatic carbocycles. The van der Waals surface area contributed by atoms with Crippen molar-refractivity contribution in [1.29, 1.82) is 0 Å². The Morgan fingerprint density at radius 2 is 0.955 bits per heavy atom. The second-order valence-electron chi connectivity index (χ2n) is 19.3. The maximum Gasteiger partial charge on any atom is 0.0701 e. The third-order valence-electron chi connectivity index (χ3n) is 14.4. The molecule has 3 aliphatic rings. The summed E-state index contributed by atoms with van der Waals surface area (Å²) in [4.78, 5) is 7.61. The van der Waals surface area contributed by atoms with Gasteiger partial charge >= 0.3 is 0 Å². The van der Waals surface area contributed by atoms with Gasteiger partial charge in [0, 0.05) is 56.2 Å². The van der Waals surface area contributed by atoms with Crippen molar-refractivity contribution >= 4 is 83.4 Å². The fraction of sp³-hybridized carbons (Fsp3) is 0.0938. The van der Waals surface area contributed by atoms with E-state index < -0.39 is 0 Å². The van der Waals surface area contributed by atoms with Gasteiger partial charge in [-0.2, -0.15) is 0 Å². The quantitative estimate of drug-likeness (QED) is 0.163. The van der Waals surface area contributed by atoms with Crippen LogP contribution >= 0.6 is 0 Å². The van der Waals surface area contributed by atoms with Gasteiger partial charge in [0.05, 0.1) is 17.4 Å². The molecule has 0 radical (unpaired) electrons. The predicted octanol–water partition coefficient (Wildman–Crippen LogP) is 17.6. The van der Waals surface area contributed by atoms with Crippen LogP contribution in [0.4, 0.5) is 45.5 Å². The molecule has 0 saturated carbocycles. The van der Waals surface area contributed by atoms with Crippen LogP contribution in [0.5, 0.6) is 0 Å². The summed E-state index contributed by atoms with van der Waals surface area (Å²) in [5, 5.41) is 7.55. The molecule has 10 aromatic rings. The normalized spacial score (nSPS) is 16.6. The fourth-order valence-electron chi connectivity index (χ4n) is 11.4. The van der Waals surface area contributed by atoms with Gasteiger partial charge in [-0.15, -0.1) is 0 Å². The van der Waals surface area contributed by atoms with Crippen LogP contribution in [0, 0.1) is 5.92 Å². The number of benzene rings is 10. The van der Waals surface area contributed by atoms with Crippen molar-refractivity contribution in [3.05, 3.63) is 258 Å². The van der Waals surface area contributed by atoms with Gasteiger partial charge in [0.1, 0.15) is 0 Å². The molecule has 0 spiro atoms. The number of para-hydroxylation sites is 2. The molecule has 2 unspecified atom stereocenters. The molecule has 0 N–H and O–H groups in total. The predicted molar refractivity (Wildman–Crippen MR) is 284 cm³/mol. The molecule has 0 amide bonds. The van der Waals surface area contributed by atoms with E-state index in [1.807, 2.05) is 0 Å². The summed E-state index contributed by atoms with van der Waals surface area (Å²) >= 11 is 0. The van der Waals surface area contributed by atoms with Crippen LogP contribution in [-0.4, -0.2) is 0 Å². The van der Waals surface area contributed by atoms with Crippen molar-refractivity contribution in [3.63, 3.8) is 0 Å². The summed E-state index contributed by atoms with van der Waals surface area (Å²) in [6.07, 6.45) is 9.22. The number of allylic oxidation sites excluding steroid dienone is 3. The molecule has 2 atom stereocenters. The van der Waals surface area contributed by atoms with E-state index in [2.05, 4.69) is 266 Å². The first-order valence-corrected chi connectivity index (χ1v) is 23.6. The average molecular weight is 860 g/mol. The Morgan fingerprint density at radius 3 is 1.54 bits per heavy atom. The maximum absolute atomic E-state index is 2.62. The van der Waals surface area contributed by atoms with E-state index >= 15 is 0 Å². The first-order chi connectivity index (χ1) is 32.9. The van der Waals surface area contributed by atoms with Gasteiger partial charge in [-0.1, -0.05) is 185 Å². The van der Waals surface area contributed by atoms with Crippen LogP contribution in [0.2, 0.25) is 0 Å². The van der Waals surface area contributed by atoms with Gasteiger partial charge in [0.25, 0.3) is 0 Å². The molecule has 1 aliphatic heterocycles. The van der Waals surface area contributed by atoms with Gasteiger partial charge < -0.3 is 14.7 Å². The summed E-state index contributed by atoms with van der Waals surface area (Å²) in [7, 11) is 0. The van der Waals surface area contributed by atoms with Crippen LogP contribution in [-0.2, 0) is 5.41 Å². The van der Waals surface area contributed by atoms with Crippen LogP contribution in [0.3, 0.4) is 0 Å². The van der Waals surface area contributed by atoms with Crippen LogP contribution in [0.1, 0.15) is 49.1 Å². The van der Waals surface area contributed by atoms with Crippen molar-refractivity contribution in [3.8, 4) is 0 Å². The number of hydrogen-bond donors (Lipinski definition) is 0. The third kappa shape index (κ3) is 6.26. The summed E-state index contributed by atoms with van der Waals surface area (Å²) in [5.41, 5.74) is 16.7. The van der Waals surface area contributed by atoms with E-state index in [4.69, 9.17) is 0 Å². The van der Waals surface area contributed by atoms with Crippen molar-refractivity contribution in [2.45, 2.75) is 32.2 Å². The minimum atomic E-state index is -0.0609. The first-order valence-electron chi connectivity index (χ1n) is 23.6. The average Bonchev–Trinajstić information content (AvgIpc) is 3.37. The highest BCUT2D eigenvalue weighted by atomic mass is 15.2. The van der Waals surface area contributed by atoms with Crippen LogP contribution in [0.15, 0.2) is 236 Å². The molecule has 320 valence electrons. The minimum absolute atomic E-state index is 0.0123. The topological polar surface area (TPSA) is 9.72 Å². The van der Waals surface area contributed by atoms with Gasteiger partial charge in [-0.3, -0.25) is 0 Å². The highest BCUT2D eigenvalue weighted by molar-refractivity contribution is 6.29. The Kier molecular flexibility index (Phi) is 8.92. The highest BCUT2D eigenvalue weighted by Gasteiger charge is 2.39. The zero-order valence-corrected chi connectivity index (χ0v) is 37.9. The molecule has 0 saturated heterocycles. The molecule has 3 heteroatoms.